The summed E-state index contributed by atoms with van der Waals surface area (Å²) >= 11 is 0. The lowest BCUT2D eigenvalue weighted by atomic mass is 10.1. The van der Waals surface area contributed by atoms with E-state index >= 15 is 0 Å². The number of aryl methyl sites for hydroxylation is 1. The van der Waals surface area contributed by atoms with Gasteiger partial charge in [-0.1, -0.05) is 61.5 Å². The Morgan fingerprint density at radius 2 is 1.62 bits per heavy atom. The molecule has 0 saturated heterocycles. The minimum Gasteiger partial charge on any atom is -0.345 e. The monoisotopic (exact) mass is 426 g/mol. The van der Waals surface area contributed by atoms with Crippen molar-refractivity contribution in [3.05, 3.63) is 95.8 Å². The molecule has 162 valence electrons. The predicted molar refractivity (Wildman–Crippen MR) is 127 cm³/mol. The smallest absolute Gasteiger partial charge is 0.253 e. The molecule has 0 aliphatic rings. The minimum absolute atomic E-state index is 0.125. The van der Waals surface area contributed by atoms with Crippen LogP contribution in [0.2, 0.25) is 0 Å². The molecular weight excluding hydrogens is 400 g/mol. The third-order valence-electron chi connectivity index (χ3n) is 5.44. The number of carbonyl (C=O) groups is 2. The van der Waals surface area contributed by atoms with Crippen molar-refractivity contribution in [2.24, 2.45) is 0 Å². The lowest BCUT2D eigenvalue weighted by molar-refractivity contribution is -0.116. The Labute approximate surface area is 187 Å². The summed E-state index contributed by atoms with van der Waals surface area (Å²) in [5.74, 6) is 0.405. The Bertz CT molecular complexity index is 1250. The predicted octanol–water partition coefficient (Wildman–Crippen LogP) is 4.73. The van der Waals surface area contributed by atoms with Crippen LogP contribution >= 0.6 is 0 Å². The van der Waals surface area contributed by atoms with Gasteiger partial charge in [0.15, 0.2) is 0 Å². The maximum Gasteiger partial charge on any atom is 0.253 e. The number of amides is 2. The molecule has 6 heteroatoms. The number of anilines is 1. The molecule has 2 amide bonds. The van der Waals surface area contributed by atoms with Gasteiger partial charge in [0.05, 0.1) is 28.3 Å². The van der Waals surface area contributed by atoms with Gasteiger partial charge in [-0.3, -0.25) is 9.59 Å². The molecule has 0 radical (unpaired) electrons. The second kappa shape index (κ2) is 9.47. The first-order valence-corrected chi connectivity index (χ1v) is 10.8. The van der Waals surface area contributed by atoms with Crippen molar-refractivity contribution in [2.75, 3.05) is 5.32 Å². The van der Waals surface area contributed by atoms with Crippen molar-refractivity contribution in [2.45, 2.75) is 32.9 Å². The summed E-state index contributed by atoms with van der Waals surface area (Å²) in [6, 6.07) is 24.4. The summed E-state index contributed by atoms with van der Waals surface area (Å²) in [7, 11) is 0. The number of carbonyl (C=O) groups excluding carboxylic acids is 2. The summed E-state index contributed by atoms with van der Waals surface area (Å²) in [5, 5.41) is 5.92. The second-order valence-corrected chi connectivity index (χ2v) is 7.66. The summed E-state index contributed by atoms with van der Waals surface area (Å²) in [5.41, 5.74) is 3.71. The fourth-order valence-corrected chi connectivity index (χ4v) is 3.79. The summed E-state index contributed by atoms with van der Waals surface area (Å²) in [6.45, 7) is 4.08. The largest absolute Gasteiger partial charge is 0.345 e. The van der Waals surface area contributed by atoms with Crippen LogP contribution in [0, 0.1) is 0 Å². The van der Waals surface area contributed by atoms with E-state index in [1.54, 1.807) is 24.3 Å². The van der Waals surface area contributed by atoms with Gasteiger partial charge in [0.25, 0.3) is 5.91 Å². The third kappa shape index (κ3) is 4.54. The van der Waals surface area contributed by atoms with E-state index in [4.69, 9.17) is 0 Å². The molecule has 4 rings (SSSR count). The van der Waals surface area contributed by atoms with E-state index < -0.39 is 0 Å². The summed E-state index contributed by atoms with van der Waals surface area (Å²) in [6.07, 6.45) is 0.721. The van der Waals surface area contributed by atoms with Gasteiger partial charge < -0.3 is 15.2 Å². The highest BCUT2D eigenvalue weighted by Crippen LogP contribution is 2.20. The molecule has 0 spiro atoms. The van der Waals surface area contributed by atoms with Crippen molar-refractivity contribution < 1.29 is 9.59 Å². The van der Waals surface area contributed by atoms with Gasteiger partial charge in [-0.05, 0) is 36.8 Å². The molecule has 32 heavy (non-hydrogen) atoms. The van der Waals surface area contributed by atoms with Crippen molar-refractivity contribution in [1.29, 1.82) is 0 Å². The second-order valence-electron chi connectivity index (χ2n) is 7.66. The number of aromatic nitrogens is 2. The number of rotatable bonds is 7. The Kier molecular flexibility index (Phi) is 6.31. The summed E-state index contributed by atoms with van der Waals surface area (Å²) in [4.78, 5) is 30.5. The lowest BCUT2D eigenvalue weighted by Crippen LogP contribution is -2.28. The maximum absolute atomic E-state index is 12.9. The highest BCUT2D eigenvalue weighted by molar-refractivity contribution is 6.04. The topological polar surface area (TPSA) is 76.0 Å². The fraction of sp³-hybridized carbons (Fsp3) is 0.192. The molecule has 0 bridgehead atoms. The van der Waals surface area contributed by atoms with Crippen molar-refractivity contribution in [1.82, 2.24) is 14.9 Å². The Morgan fingerprint density at radius 1 is 0.938 bits per heavy atom. The van der Waals surface area contributed by atoms with Crippen LogP contribution in [0.4, 0.5) is 5.69 Å². The average molecular weight is 427 g/mol. The van der Waals surface area contributed by atoms with Crippen molar-refractivity contribution >= 4 is 28.5 Å². The standard InChI is InChI=1S/C26H26N4O2/c1-3-24-28-22-15-9-10-16-23(22)30(24)17-25(31)29-21-14-8-7-13-20(21)26(32)27-18(2)19-11-5-4-6-12-19/h4-16,18H,3,17H2,1-2H3,(H,27,32)(H,29,31)/t18-/m1/s1. The van der Waals surface area contributed by atoms with Gasteiger partial charge in [-0.2, -0.15) is 0 Å². The number of nitrogens with one attached hydrogen (secondary N) is 2. The van der Waals surface area contributed by atoms with Gasteiger partial charge in [-0.25, -0.2) is 4.98 Å². The van der Waals surface area contributed by atoms with Crippen molar-refractivity contribution in [3.63, 3.8) is 0 Å². The molecule has 4 aromatic rings. The molecule has 6 nitrogen and oxygen atoms in total. The number of para-hydroxylation sites is 3. The molecule has 3 aromatic carbocycles. The number of imidazole rings is 1. The van der Waals surface area contributed by atoms with E-state index in [-0.39, 0.29) is 24.4 Å². The Balaban J connectivity index is 1.51. The fourth-order valence-electron chi connectivity index (χ4n) is 3.79. The zero-order valence-electron chi connectivity index (χ0n) is 18.2. The molecule has 0 saturated carbocycles. The SMILES string of the molecule is CCc1nc2ccccc2n1CC(=O)Nc1ccccc1C(=O)N[C@H](C)c1ccccc1. The van der Waals surface area contributed by atoms with Gasteiger partial charge in [-0.15, -0.1) is 0 Å². The zero-order valence-corrected chi connectivity index (χ0v) is 18.2. The molecule has 0 unspecified atom stereocenters. The Morgan fingerprint density at radius 3 is 2.41 bits per heavy atom. The van der Waals surface area contributed by atoms with Crippen LogP contribution in [0.15, 0.2) is 78.9 Å². The molecule has 1 aromatic heterocycles. The van der Waals surface area contributed by atoms with Crippen LogP contribution in [0.3, 0.4) is 0 Å². The Hall–Kier alpha value is -3.93. The molecular formula is C26H26N4O2. The van der Waals surface area contributed by atoms with E-state index in [0.29, 0.717) is 11.3 Å². The molecule has 2 N–H and O–H groups in total. The number of fused-ring (bicyclic) bond motifs is 1. The number of hydrogen-bond acceptors (Lipinski definition) is 3. The van der Waals surface area contributed by atoms with Gasteiger partial charge in [0, 0.05) is 6.42 Å². The highest BCUT2D eigenvalue weighted by atomic mass is 16.2. The lowest BCUT2D eigenvalue weighted by Gasteiger charge is -2.17. The van der Waals surface area contributed by atoms with Gasteiger partial charge in [0.2, 0.25) is 5.91 Å². The molecule has 0 aliphatic carbocycles. The third-order valence-corrected chi connectivity index (χ3v) is 5.44. The van der Waals surface area contributed by atoms with E-state index in [9.17, 15) is 9.59 Å². The first-order chi connectivity index (χ1) is 15.6. The van der Waals surface area contributed by atoms with E-state index in [2.05, 4.69) is 15.6 Å². The maximum atomic E-state index is 12.9. The van der Waals surface area contributed by atoms with Crippen LogP contribution in [-0.4, -0.2) is 21.4 Å². The minimum atomic E-state index is -0.236. The van der Waals surface area contributed by atoms with Gasteiger partial charge in [0.1, 0.15) is 12.4 Å². The molecule has 0 aliphatic heterocycles. The van der Waals surface area contributed by atoms with Gasteiger partial charge >= 0.3 is 0 Å². The van der Waals surface area contributed by atoms with Crippen molar-refractivity contribution in [3.8, 4) is 0 Å². The molecule has 0 fully saturated rings. The van der Waals surface area contributed by atoms with Crippen LogP contribution in [-0.2, 0) is 17.8 Å². The van der Waals surface area contributed by atoms with E-state index in [1.165, 1.54) is 0 Å². The summed E-state index contributed by atoms with van der Waals surface area (Å²) < 4.78 is 1.92. The first kappa shape index (κ1) is 21.3. The molecule has 1 atom stereocenters. The number of nitrogens with zero attached hydrogens (tertiary/aromatic N) is 2. The highest BCUT2D eigenvalue weighted by Gasteiger charge is 2.17. The average Bonchev–Trinajstić information content (AvgIpc) is 3.17. The molecule has 1 heterocycles. The zero-order chi connectivity index (χ0) is 22.5. The van der Waals surface area contributed by atoms with E-state index in [1.807, 2.05) is 73.0 Å². The van der Waals surface area contributed by atoms with Crippen LogP contribution in [0.1, 0.15) is 41.6 Å². The number of benzene rings is 3. The van der Waals surface area contributed by atoms with Crippen LogP contribution in [0.5, 0.6) is 0 Å². The van der Waals surface area contributed by atoms with Crippen LogP contribution in [0.25, 0.3) is 11.0 Å². The van der Waals surface area contributed by atoms with Crippen LogP contribution < -0.4 is 10.6 Å². The van der Waals surface area contributed by atoms with E-state index in [0.717, 1.165) is 28.8 Å². The normalized spacial score (nSPS) is 11.8. The first-order valence-electron chi connectivity index (χ1n) is 10.8. The quantitative estimate of drug-likeness (QED) is 0.449. The number of hydrogen-bond donors (Lipinski definition) is 2.